The topological polar surface area (TPSA) is 74.7 Å². The predicted molar refractivity (Wildman–Crippen MR) is 72.3 cm³/mol. The van der Waals surface area contributed by atoms with Crippen molar-refractivity contribution in [2.24, 2.45) is 5.92 Å². The molecule has 1 aliphatic heterocycles. The van der Waals surface area contributed by atoms with Gasteiger partial charge in [-0.05, 0) is 32.6 Å². The van der Waals surface area contributed by atoms with Gasteiger partial charge in [-0.25, -0.2) is 8.42 Å². The highest BCUT2D eigenvalue weighted by molar-refractivity contribution is 7.89. The average Bonchev–Trinajstić information content (AvgIpc) is 2.74. The molecule has 19 heavy (non-hydrogen) atoms. The molecule has 1 aliphatic carbocycles. The molecule has 5 nitrogen and oxygen atoms in total. The van der Waals surface area contributed by atoms with Gasteiger partial charge in [0.25, 0.3) is 0 Å². The lowest BCUT2D eigenvalue weighted by molar-refractivity contribution is -0.141. The molecule has 2 aliphatic rings. The van der Waals surface area contributed by atoms with E-state index in [0.29, 0.717) is 25.8 Å². The molecule has 1 saturated carbocycles. The van der Waals surface area contributed by atoms with Crippen LogP contribution in [-0.2, 0) is 14.8 Å². The quantitative estimate of drug-likeness (QED) is 0.860. The number of aliphatic carboxylic acids is 1. The summed E-state index contributed by atoms with van der Waals surface area (Å²) in [6, 6.07) is 0.00236. The third-order valence-electron chi connectivity index (χ3n) is 4.47. The molecule has 110 valence electrons. The maximum absolute atomic E-state index is 12.7. The molecule has 0 bridgehead atoms. The number of hydrogen-bond acceptors (Lipinski definition) is 3. The summed E-state index contributed by atoms with van der Waals surface area (Å²) in [5.41, 5.74) is 0. The summed E-state index contributed by atoms with van der Waals surface area (Å²) in [5, 5.41) is 8.47. The lowest BCUT2D eigenvalue weighted by Crippen LogP contribution is -2.46. The van der Waals surface area contributed by atoms with Crippen LogP contribution in [-0.4, -0.2) is 41.6 Å². The molecule has 2 rings (SSSR count). The Labute approximate surface area is 115 Å². The van der Waals surface area contributed by atoms with Crippen molar-refractivity contribution in [1.29, 1.82) is 0 Å². The van der Waals surface area contributed by atoms with Crippen molar-refractivity contribution in [3.63, 3.8) is 0 Å². The molecule has 0 aromatic carbocycles. The standard InChI is InChI=1S/C13H23NO4S/c1-10-6-3-2-4-9-14(10)19(17,18)12-8-5-7-11(12)13(15)16/h10-12H,2-9H2,1H3,(H,15,16). The van der Waals surface area contributed by atoms with Crippen LogP contribution in [0.15, 0.2) is 0 Å². The van der Waals surface area contributed by atoms with Gasteiger partial charge in [0.1, 0.15) is 0 Å². The number of carboxylic acid groups (broad SMARTS) is 1. The fraction of sp³-hybridized carbons (Fsp3) is 0.923. The van der Waals surface area contributed by atoms with Crippen LogP contribution in [0, 0.1) is 5.92 Å². The van der Waals surface area contributed by atoms with Crippen LogP contribution in [0.25, 0.3) is 0 Å². The van der Waals surface area contributed by atoms with Gasteiger partial charge >= 0.3 is 5.97 Å². The largest absolute Gasteiger partial charge is 0.481 e. The number of nitrogens with zero attached hydrogens (tertiary/aromatic N) is 1. The minimum absolute atomic E-state index is 0.00236. The lowest BCUT2D eigenvalue weighted by Gasteiger charge is -2.30. The molecule has 6 heteroatoms. The van der Waals surface area contributed by atoms with Crippen LogP contribution < -0.4 is 0 Å². The molecule has 0 aromatic rings. The summed E-state index contributed by atoms with van der Waals surface area (Å²) in [6.07, 6.45) is 5.55. The summed E-state index contributed by atoms with van der Waals surface area (Å²) in [7, 11) is -3.48. The Bertz CT molecular complexity index is 434. The van der Waals surface area contributed by atoms with Crippen LogP contribution in [0.2, 0.25) is 0 Å². The van der Waals surface area contributed by atoms with Crippen molar-refractivity contribution in [1.82, 2.24) is 4.31 Å². The molecular formula is C13H23NO4S. The smallest absolute Gasteiger partial charge is 0.307 e. The van der Waals surface area contributed by atoms with Crippen molar-refractivity contribution < 1.29 is 18.3 Å². The van der Waals surface area contributed by atoms with E-state index in [9.17, 15) is 18.3 Å². The van der Waals surface area contributed by atoms with E-state index in [-0.39, 0.29) is 6.04 Å². The SMILES string of the molecule is CC1CCCCCN1S(=O)(=O)C1CCCC1C(=O)O. The van der Waals surface area contributed by atoms with Gasteiger partial charge in [-0.15, -0.1) is 0 Å². The van der Waals surface area contributed by atoms with E-state index in [1.54, 1.807) is 4.31 Å². The molecule has 3 unspecified atom stereocenters. The minimum Gasteiger partial charge on any atom is -0.481 e. The van der Waals surface area contributed by atoms with Crippen LogP contribution in [0.1, 0.15) is 51.9 Å². The maximum Gasteiger partial charge on any atom is 0.307 e. The predicted octanol–water partition coefficient (Wildman–Crippen LogP) is 1.83. The van der Waals surface area contributed by atoms with E-state index in [1.165, 1.54) is 0 Å². The molecule has 0 spiro atoms. The zero-order valence-corrected chi connectivity index (χ0v) is 12.2. The van der Waals surface area contributed by atoms with Crippen molar-refractivity contribution >= 4 is 16.0 Å². The van der Waals surface area contributed by atoms with Crippen molar-refractivity contribution in [3.05, 3.63) is 0 Å². The fourth-order valence-electron chi connectivity index (χ4n) is 3.37. The first kappa shape index (κ1) is 14.8. The second-order valence-corrected chi connectivity index (χ2v) is 7.87. The first-order chi connectivity index (χ1) is 8.94. The molecule has 1 heterocycles. The second kappa shape index (κ2) is 5.79. The van der Waals surface area contributed by atoms with Gasteiger partial charge in [-0.3, -0.25) is 4.79 Å². The minimum atomic E-state index is -3.48. The number of carbonyl (C=O) groups is 1. The first-order valence-electron chi connectivity index (χ1n) is 7.18. The highest BCUT2D eigenvalue weighted by atomic mass is 32.2. The number of rotatable bonds is 3. The van der Waals surface area contributed by atoms with Gasteiger partial charge in [-0.1, -0.05) is 19.3 Å². The third-order valence-corrected chi connectivity index (χ3v) is 7.00. The number of hydrogen-bond donors (Lipinski definition) is 1. The number of sulfonamides is 1. The van der Waals surface area contributed by atoms with Crippen molar-refractivity contribution in [3.8, 4) is 0 Å². The zero-order chi connectivity index (χ0) is 14.0. The normalized spacial score (nSPS) is 34.1. The Morgan fingerprint density at radius 3 is 2.53 bits per heavy atom. The van der Waals surface area contributed by atoms with Gasteiger partial charge in [0.05, 0.1) is 11.2 Å². The highest BCUT2D eigenvalue weighted by Crippen LogP contribution is 2.35. The summed E-state index contributed by atoms with van der Waals surface area (Å²) in [4.78, 5) is 11.2. The highest BCUT2D eigenvalue weighted by Gasteiger charge is 2.45. The van der Waals surface area contributed by atoms with E-state index < -0.39 is 27.2 Å². The molecule has 0 amide bonds. The molecule has 1 N–H and O–H groups in total. The summed E-state index contributed by atoms with van der Waals surface area (Å²) in [6.45, 7) is 2.49. The van der Waals surface area contributed by atoms with Crippen LogP contribution in [0.4, 0.5) is 0 Å². The van der Waals surface area contributed by atoms with E-state index in [2.05, 4.69) is 0 Å². The Balaban J connectivity index is 2.23. The molecule has 2 fully saturated rings. The Morgan fingerprint density at radius 2 is 1.84 bits per heavy atom. The first-order valence-corrected chi connectivity index (χ1v) is 8.68. The van der Waals surface area contributed by atoms with Gasteiger partial charge < -0.3 is 5.11 Å². The molecular weight excluding hydrogens is 266 g/mol. The van der Waals surface area contributed by atoms with E-state index in [0.717, 1.165) is 25.7 Å². The second-order valence-electron chi connectivity index (χ2n) is 5.77. The van der Waals surface area contributed by atoms with E-state index in [4.69, 9.17) is 0 Å². The Morgan fingerprint density at radius 1 is 1.11 bits per heavy atom. The summed E-state index contributed by atoms with van der Waals surface area (Å²) in [5.74, 6) is -1.69. The maximum atomic E-state index is 12.7. The van der Waals surface area contributed by atoms with Gasteiger partial charge in [-0.2, -0.15) is 4.31 Å². The summed E-state index contributed by atoms with van der Waals surface area (Å²) >= 11 is 0. The molecule has 3 atom stereocenters. The van der Waals surface area contributed by atoms with Crippen molar-refractivity contribution in [2.75, 3.05) is 6.54 Å². The van der Waals surface area contributed by atoms with Gasteiger partial charge in [0, 0.05) is 12.6 Å². The van der Waals surface area contributed by atoms with Gasteiger partial charge in [0.15, 0.2) is 0 Å². The van der Waals surface area contributed by atoms with E-state index >= 15 is 0 Å². The monoisotopic (exact) mass is 289 g/mol. The Hall–Kier alpha value is -0.620. The Kier molecular flexibility index (Phi) is 4.50. The van der Waals surface area contributed by atoms with Gasteiger partial charge in [0.2, 0.25) is 10.0 Å². The van der Waals surface area contributed by atoms with E-state index in [1.807, 2.05) is 6.92 Å². The van der Waals surface area contributed by atoms with Crippen LogP contribution >= 0.6 is 0 Å². The fourth-order valence-corrected chi connectivity index (χ4v) is 5.84. The van der Waals surface area contributed by atoms with Crippen molar-refractivity contribution in [2.45, 2.75) is 63.2 Å². The van der Waals surface area contributed by atoms with Crippen LogP contribution in [0.5, 0.6) is 0 Å². The van der Waals surface area contributed by atoms with Crippen LogP contribution in [0.3, 0.4) is 0 Å². The molecule has 0 aromatic heterocycles. The average molecular weight is 289 g/mol. The lowest BCUT2D eigenvalue weighted by atomic mass is 10.1. The third kappa shape index (κ3) is 2.94. The zero-order valence-electron chi connectivity index (χ0n) is 11.4. The molecule has 0 radical (unpaired) electrons. The molecule has 1 saturated heterocycles. The summed E-state index contributed by atoms with van der Waals surface area (Å²) < 4.78 is 27.0. The number of carboxylic acids is 1.